The Morgan fingerprint density at radius 3 is 2.66 bits per heavy atom. The van der Waals surface area contributed by atoms with E-state index in [4.69, 9.17) is 37.4 Å². The van der Waals surface area contributed by atoms with E-state index in [1.165, 1.54) is 18.6 Å². The number of benzene rings is 1. The summed E-state index contributed by atoms with van der Waals surface area (Å²) in [4.78, 5) is 6.78. The highest BCUT2D eigenvalue weighted by molar-refractivity contribution is 6.31. The van der Waals surface area contributed by atoms with Crippen LogP contribution in [0, 0.1) is 12.7 Å². The lowest BCUT2D eigenvalue weighted by molar-refractivity contribution is 0.0538. The maximum atomic E-state index is 14.5. The van der Waals surface area contributed by atoms with Crippen LogP contribution in [0.3, 0.4) is 0 Å². The molecule has 0 saturated carbocycles. The highest BCUT2D eigenvalue weighted by Gasteiger charge is 2.19. The van der Waals surface area contributed by atoms with Crippen molar-refractivity contribution >= 4 is 23.2 Å². The molecule has 0 aliphatic rings. The Morgan fingerprint density at radius 2 is 1.90 bits per heavy atom. The molecule has 1 aromatic carbocycles. The quantitative estimate of drug-likeness (QED) is 0.560. The molecule has 1 heterocycles. The number of aliphatic hydroxyl groups excluding tert-OH is 1. The Morgan fingerprint density at radius 1 is 1.14 bits per heavy atom. The smallest absolute Gasteiger partial charge is 0.165 e. The van der Waals surface area contributed by atoms with Crippen LogP contribution in [-0.2, 0) is 9.47 Å². The first-order valence-corrected chi connectivity index (χ1v) is 9.58. The van der Waals surface area contributed by atoms with Crippen molar-refractivity contribution in [3.8, 4) is 5.75 Å². The molecule has 0 amide bonds. The van der Waals surface area contributed by atoms with E-state index in [1.807, 2.05) is 0 Å². The third kappa shape index (κ3) is 7.13. The third-order valence-electron chi connectivity index (χ3n) is 3.95. The number of aryl methyl sites for hydroxylation is 1. The molecule has 0 spiro atoms. The molecule has 1 unspecified atom stereocenters. The lowest BCUT2D eigenvalue weighted by Crippen LogP contribution is -2.11. The Hall–Kier alpha value is -1.90. The van der Waals surface area contributed by atoms with Gasteiger partial charge in [0.15, 0.2) is 11.6 Å². The van der Waals surface area contributed by atoms with Crippen LogP contribution in [0.5, 0.6) is 5.75 Å². The molecular formula is C20H23Cl2FN2O4. The van der Waals surface area contributed by atoms with E-state index in [-0.39, 0.29) is 29.5 Å². The summed E-state index contributed by atoms with van der Waals surface area (Å²) >= 11 is 12.4. The number of aromatic amines is 1. The van der Waals surface area contributed by atoms with Gasteiger partial charge >= 0.3 is 0 Å². The van der Waals surface area contributed by atoms with Gasteiger partial charge in [0, 0.05) is 36.7 Å². The van der Waals surface area contributed by atoms with Crippen LogP contribution in [0.1, 0.15) is 22.8 Å². The number of methoxy groups -OCH3 is 1. The SMILES string of the molecule is COCCOCCOc1cc(Cl)c(C(O)c2c[nH]cncc(Cl)cc2C)cc1F. The fraction of sp³-hybridized carbons (Fsp3) is 0.350. The highest BCUT2D eigenvalue weighted by Crippen LogP contribution is 2.34. The maximum Gasteiger partial charge on any atom is 0.165 e. The van der Waals surface area contributed by atoms with Crippen LogP contribution < -0.4 is 4.74 Å². The van der Waals surface area contributed by atoms with Crippen LogP contribution in [0.4, 0.5) is 4.39 Å². The van der Waals surface area contributed by atoms with E-state index in [0.717, 1.165) is 6.07 Å². The van der Waals surface area contributed by atoms with Crippen molar-refractivity contribution in [2.75, 3.05) is 33.5 Å². The molecular weight excluding hydrogens is 422 g/mol. The second-order valence-corrected chi connectivity index (χ2v) is 6.89. The largest absolute Gasteiger partial charge is 0.488 e. The van der Waals surface area contributed by atoms with Gasteiger partial charge in [-0.2, -0.15) is 0 Å². The highest BCUT2D eigenvalue weighted by atomic mass is 35.5. The normalized spacial score (nSPS) is 11.8. The van der Waals surface area contributed by atoms with E-state index in [2.05, 4.69) is 9.97 Å². The number of hydrogen-bond acceptors (Lipinski definition) is 5. The van der Waals surface area contributed by atoms with Crippen LogP contribution in [0.15, 0.2) is 36.9 Å². The van der Waals surface area contributed by atoms with Crippen LogP contribution >= 0.6 is 23.2 Å². The first-order valence-electron chi connectivity index (χ1n) is 8.82. The van der Waals surface area contributed by atoms with Crippen molar-refractivity contribution in [1.29, 1.82) is 0 Å². The summed E-state index contributed by atoms with van der Waals surface area (Å²) in [5.41, 5.74) is 1.33. The molecule has 9 heteroatoms. The molecule has 1 atom stereocenters. The average Bonchev–Trinajstić information content (AvgIpc) is 2.76. The van der Waals surface area contributed by atoms with E-state index in [1.54, 1.807) is 26.3 Å². The molecule has 6 nitrogen and oxygen atoms in total. The predicted molar refractivity (Wildman–Crippen MR) is 110 cm³/mol. The zero-order valence-corrected chi connectivity index (χ0v) is 17.6. The van der Waals surface area contributed by atoms with E-state index in [9.17, 15) is 9.50 Å². The van der Waals surface area contributed by atoms with E-state index < -0.39 is 11.9 Å². The van der Waals surface area contributed by atoms with Crippen LogP contribution in [0.25, 0.3) is 0 Å². The first kappa shape index (κ1) is 23.4. The van der Waals surface area contributed by atoms with Crippen molar-refractivity contribution in [1.82, 2.24) is 9.97 Å². The molecule has 158 valence electrons. The number of halogens is 3. The molecule has 1 aromatic heterocycles. The van der Waals surface area contributed by atoms with E-state index >= 15 is 0 Å². The lowest BCUT2D eigenvalue weighted by atomic mass is 9.99. The average molecular weight is 445 g/mol. The third-order valence-corrected chi connectivity index (χ3v) is 4.49. The second kappa shape index (κ2) is 11.9. The summed E-state index contributed by atoms with van der Waals surface area (Å²) < 4.78 is 30.0. The molecule has 0 aliphatic carbocycles. The van der Waals surface area contributed by atoms with Crippen molar-refractivity contribution < 1.29 is 23.7 Å². The molecule has 2 rings (SSSR count). The summed E-state index contributed by atoms with van der Waals surface area (Å²) in [6.07, 6.45) is 3.23. The topological polar surface area (TPSA) is 76.6 Å². The van der Waals surface area contributed by atoms with Gasteiger partial charge in [-0.3, -0.25) is 0 Å². The van der Waals surface area contributed by atoms with Gasteiger partial charge in [0.1, 0.15) is 12.7 Å². The van der Waals surface area contributed by atoms with Gasteiger partial charge in [0.05, 0.1) is 36.2 Å². The number of aromatic nitrogens is 2. The molecule has 0 fully saturated rings. The Kier molecular flexibility index (Phi) is 9.63. The summed E-state index contributed by atoms with van der Waals surface area (Å²) in [6, 6.07) is 4.13. The van der Waals surface area contributed by atoms with Gasteiger partial charge in [-0.15, -0.1) is 0 Å². The summed E-state index contributed by atoms with van der Waals surface area (Å²) in [5.74, 6) is -0.661. The number of ether oxygens (including phenoxy) is 3. The van der Waals surface area contributed by atoms with Gasteiger partial charge < -0.3 is 24.3 Å². The minimum atomic E-state index is -1.19. The second-order valence-electron chi connectivity index (χ2n) is 6.05. The zero-order valence-electron chi connectivity index (χ0n) is 16.1. The van der Waals surface area contributed by atoms with Crippen molar-refractivity contribution in [3.63, 3.8) is 0 Å². The minimum Gasteiger partial charge on any atom is -0.488 e. The van der Waals surface area contributed by atoms with Gasteiger partial charge in [-0.1, -0.05) is 23.2 Å². The molecule has 0 aliphatic heterocycles. The number of nitrogens with one attached hydrogen (secondary N) is 1. The lowest BCUT2D eigenvalue weighted by Gasteiger charge is -2.16. The molecule has 0 bridgehead atoms. The van der Waals surface area contributed by atoms with Crippen molar-refractivity contribution in [2.45, 2.75) is 13.0 Å². The van der Waals surface area contributed by atoms with E-state index in [0.29, 0.717) is 29.4 Å². The monoisotopic (exact) mass is 444 g/mol. The Balaban J connectivity index is 2.21. The standard InChI is InChI=1S/C20H23Cl2FN2O4/c1-13-7-14(21)10-24-12-25-11-16(13)20(26)15-8-18(23)19(9-17(15)22)29-6-5-28-4-3-27-2/h7-12,20,26H,3-6H2,1-2H3,(H,24,25). The van der Waals surface area contributed by atoms with Gasteiger partial charge in [-0.05, 0) is 24.6 Å². The fourth-order valence-corrected chi connectivity index (χ4v) is 2.98. The number of hydrogen-bond donors (Lipinski definition) is 2. The van der Waals surface area contributed by atoms with Gasteiger partial charge in [-0.25, -0.2) is 9.37 Å². The number of rotatable bonds is 9. The Bertz CT molecular complexity index is 862. The van der Waals surface area contributed by atoms with Gasteiger partial charge in [0.25, 0.3) is 0 Å². The van der Waals surface area contributed by atoms with Crippen LogP contribution in [-0.4, -0.2) is 48.6 Å². The number of H-pyrrole nitrogens is 1. The molecule has 0 radical (unpaired) electrons. The zero-order chi connectivity index (χ0) is 21.2. The molecule has 29 heavy (non-hydrogen) atoms. The predicted octanol–water partition coefficient (Wildman–Crippen LogP) is 4.41. The van der Waals surface area contributed by atoms with Crippen molar-refractivity contribution in [2.24, 2.45) is 0 Å². The van der Waals surface area contributed by atoms with Gasteiger partial charge in [0.2, 0.25) is 0 Å². The Labute approximate surface area is 178 Å². The number of nitrogens with zero attached hydrogens (tertiary/aromatic N) is 1. The summed E-state index contributed by atoms with van der Waals surface area (Å²) in [5, 5.41) is 11.4. The maximum absolute atomic E-state index is 14.5. The number of aliphatic hydroxyl groups is 1. The molecule has 2 aromatic rings. The summed E-state index contributed by atoms with van der Waals surface area (Å²) in [7, 11) is 1.58. The molecule has 0 saturated heterocycles. The first-order chi connectivity index (χ1) is 13.9. The minimum absolute atomic E-state index is 0.0202. The van der Waals surface area contributed by atoms with Crippen LogP contribution in [0.2, 0.25) is 10.0 Å². The summed E-state index contributed by atoms with van der Waals surface area (Å²) in [6.45, 7) is 3.10. The fourth-order valence-electron chi connectivity index (χ4n) is 2.50. The van der Waals surface area contributed by atoms with Crippen molar-refractivity contribution in [3.05, 3.63) is 69.5 Å². The molecule has 2 N–H and O–H groups in total.